The Morgan fingerprint density at radius 2 is 2.15 bits per heavy atom. The number of pyridine rings is 1. The number of aromatic nitrogens is 1. The number of benzene rings is 1. The van der Waals surface area contributed by atoms with E-state index in [0.717, 1.165) is 4.90 Å². The average molecular weight is 307 g/mol. The van der Waals surface area contributed by atoms with Crippen molar-refractivity contribution in [3.05, 3.63) is 53.2 Å². The molecule has 1 aromatic carbocycles. The standard InChI is InChI=1S/C15H15ClN2OS/c1-10-4-3-5-13(8-10)20-11(2)15(19)18-14-7-6-12(16)9-17-14/h3-9,11H,1-2H3,(H,17,18,19). The summed E-state index contributed by atoms with van der Waals surface area (Å²) in [4.78, 5) is 17.2. The van der Waals surface area contributed by atoms with Crippen molar-refractivity contribution in [1.82, 2.24) is 4.98 Å². The molecule has 5 heteroatoms. The van der Waals surface area contributed by atoms with Gasteiger partial charge in [0.25, 0.3) is 0 Å². The maximum Gasteiger partial charge on any atom is 0.238 e. The summed E-state index contributed by atoms with van der Waals surface area (Å²) in [7, 11) is 0. The number of carbonyl (C=O) groups is 1. The number of halogens is 1. The molecule has 1 amide bonds. The van der Waals surface area contributed by atoms with E-state index < -0.39 is 0 Å². The molecule has 3 nitrogen and oxygen atoms in total. The lowest BCUT2D eigenvalue weighted by Gasteiger charge is -2.11. The molecule has 0 aliphatic carbocycles. The molecular formula is C15H15ClN2OS. The van der Waals surface area contributed by atoms with Gasteiger partial charge in [-0.3, -0.25) is 4.79 Å². The van der Waals surface area contributed by atoms with E-state index in [0.29, 0.717) is 10.8 Å². The van der Waals surface area contributed by atoms with Gasteiger partial charge in [-0.2, -0.15) is 0 Å². The number of nitrogens with zero attached hydrogens (tertiary/aromatic N) is 1. The lowest BCUT2D eigenvalue weighted by atomic mass is 10.2. The van der Waals surface area contributed by atoms with E-state index >= 15 is 0 Å². The molecule has 0 fully saturated rings. The van der Waals surface area contributed by atoms with Gasteiger partial charge in [0.05, 0.1) is 10.3 Å². The summed E-state index contributed by atoms with van der Waals surface area (Å²) < 4.78 is 0. The number of thioether (sulfide) groups is 1. The van der Waals surface area contributed by atoms with Crippen LogP contribution < -0.4 is 5.32 Å². The van der Waals surface area contributed by atoms with Gasteiger partial charge in [-0.15, -0.1) is 11.8 Å². The summed E-state index contributed by atoms with van der Waals surface area (Å²) in [6.07, 6.45) is 1.51. The van der Waals surface area contributed by atoms with Crippen LogP contribution in [0.1, 0.15) is 12.5 Å². The molecular weight excluding hydrogens is 292 g/mol. The number of rotatable bonds is 4. The van der Waals surface area contributed by atoms with Crippen LogP contribution in [-0.2, 0) is 4.79 Å². The van der Waals surface area contributed by atoms with Crippen LogP contribution in [-0.4, -0.2) is 16.1 Å². The van der Waals surface area contributed by atoms with E-state index in [4.69, 9.17) is 11.6 Å². The smallest absolute Gasteiger partial charge is 0.238 e. The average Bonchev–Trinajstić information content (AvgIpc) is 2.41. The highest BCUT2D eigenvalue weighted by atomic mass is 35.5. The number of nitrogens with one attached hydrogen (secondary N) is 1. The van der Waals surface area contributed by atoms with Crippen molar-refractivity contribution >= 4 is 35.1 Å². The Bertz CT molecular complexity index is 601. The second kappa shape index (κ2) is 6.77. The van der Waals surface area contributed by atoms with Crippen LogP contribution in [0.3, 0.4) is 0 Å². The first kappa shape index (κ1) is 14.9. The summed E-state index contributed by atoms with van der Waals surface area (Å²) in [6, 6.07) is 11.5. The molecule has 1 heterocycles. The summed E-state index contributed by atoms with van der Waals surface area (Å²) in [5.41, 5.74) is 1.18. The van der Waals surface area contributed by atoms with Gasteiger partial charge in [0.15, 0.2) is 0 Å². The maximum atomic E-state index is 12.1. The van der Waals surface area contributed by atoms with Crippen LogP contribution in [0.15, 0.2) is 47.5 Å². The van der Waals surface area contributed by atoms with E-state index in [1.165, 1.54) is 23.5 Å². The van der Waals surface area contributed by atoms with E-state index in [1.54, 1.807) is 12.1 Å². The highest BCUT2D eigenvalue weighted by Crippen LogP contribution is 2.24. The van der Waals surface area contributed by atoms with Crippen LogP contribution in [0.25, 0.3) is 0 Å². The minimum atomic E-state index is -0.200. The Hall–Kier alpha value is -1.52. The maximum absolute atomic E-state index is 12.1. The SMILES string of the molecule is Cc1cccc(SC(C)C(=O)Nc2ccc(Cl)cn2)c1. The predicted molar refractivity (Wildman–Crippen MR) is 84.4 cm³/mol. The minimum absolute atomic E-state index is 0.0775. The molecule has 20 heavy (non-hydrogen) atoms. The highest BCUT2D eigenvalue weighted by molar-refractivity contribution is 8.00. The fraction of sp³-hybridized carbons (Fsp3) is 0.200. The summed E-state index contributed by atoms with van der Waals surface area (Å²) in [5, 5.41) is 3.12. The molecule has 0 bridgehead atoms. The zero-order valence-electron chi connectivity index (χ0n) is 11.3. The molecule has 0 aliphatic heterocycles. The molecule has 0 spiro atoms. The summed E-state index contributed by atoms with van der Waals surface area (Å²) in [6.45, 7) is 3.91. The number of hydrogen-bond donors (Lipinski definition) is 1. The zero-order chi connectivity index (χ0) is 14.5. The van der Waals surface area contributed by atoms with Crippen molar-refractivity contribution in [3.63, 3.8) is 0 Å². The van der Waals surface area contributed by atoms with Gasteiger partial charge >= 0.3 is 0 Å². The summed E-state index contributed by atoms with van der Waals surface area (Å²) in [5.74, 6) is 0.433. The second-order valence-corrected chi connectivity index (χ2v) is 6.28. The quantitative estimate of drug-likeness (QED) is 0.862. The number of carbonyl (C=O) groups excluding carboxylic acids is 1. The Kier molecular flexibility index (Phi) is 5.04. The third-order valence-corrected chi connectivity index (χ3v) is 3.97. The van der Waals surface area contributed by atoms with E-state index in [2.05, 4.69) is 16.4 Å². The Labute approximate surface area is 127 Å². The zero-order valence-corrected chi connectivity index (χ0v) is 12.8. The first-order valence-electron chi connectivity index (χ1n) is 6.20. The predicted octanol–water partition coefficient (Wildman–Crippen LogP) is 4.16. The molecule has 0 aliphatic rings. The first-order chi connectivity index (χ1) is 9.54. The van der Waals surface area contributed by atoms with Gasteiger partial charge < -0.3 is 5.32 Å². The van der Waals surface area contributed by atoms with Crippen LogP contribution in [0, 0.1) is 6.92 Å². The van der Waals surface area contributed by atoms with Crippen LogP contribution in [0.2, 0.25) is 5.02 Å². The molecule has 1 aromatic heterocycles. The Morgan fingerprint density at radius 1 is 1.35 bits per heavy atom. The molecule has 104 valence electrons. The number of anilines is 1. The van der Waals surface area contributed by atoms with Crippen molar-refractivity contribution in [2.24, 2.45) is 0 Å². The van der Waals surface area contributed by atoms with Crippen molar-refractivity contribution in [2.75, 3.05) is 5.32 Å². The molecule has 0 saturated heterocycles. The fourth-order valence-corrected chi connectivity index (χ4v) is 2.72. The molecule has 1 unspecified atom stereocenters. The summed E-state index contributed by atoms with van der Waals surface area (Å²) >= 11 is 7.28. The Balaban J connectivity index is 1.96. The van der Waals surface area contributed by atoms with Gasteiger partial charge in [0, 0.05) is 11.1 Å². The monoisotopic (exact) mass is 306 g/mol. The Morgan fingerprint density at radius 3 is 2.80 bits per heavy atom. The van der Waals surface area contributed by atoms with Gasteiger partial charge in [0.2, 0.25) is 5.91 Å². The number of amides is 1. The molecule has 2 rings (SSSR count). The molecule has 0 saturated carbocycles. The van der Waals surface area contributed by atoms with Crippen LogP contribution in [0.5, 0.6) is 0 Å². The lowest BCUT2D eigenvalue weighted by Crippen LogP contribution is -2.22. The lowest BCUT2D eigenvalue weighted by molar-refractivity contribution is -0.115. The highest BCUT2D eigenvalue weighted by Gasteiger charge is 2.15. The second-order valence-electron chi connectivity index (χ2n) is 4.43. The molecule has 1 N–H and O–H groups in total. The molecule has 2 aromatic rings. The van der Waals surface area contributed by atoms with Gasteiger partial charge in [0.1, 0.15) is 5.82 Å². The van der Waals surface area contributed by atoms with Crippen molar-refractivity contribution in [2.45, 2.75) is 24.0 Å². The topological polar surface area (TPSA) is 42.0 Å². The van der Waals surface area contributed by atoms with E-state index in [1.807, 2.05) is 32.0 Å². The van der Waals surface area contributed by atoms with E-state index in [9.17, 15) is 4.79 Å². The molecule has 0 radical (unpaired) electrons. The van der Waals surface area contributed by atoms with Crippen LogP contribution in [0.4, 0.5) is 5.82 Å². The van der Waals surface area contributed by atoms with Crippen LogP contribution >= 0.6 is 23.4 Å². The molecule has 1 atom stereocenters. The number of aryl methyl sites for hydroxylation is 1. The third kappa shape index (κ3) is 4.25. The largest absolute Gasteiger partial charge is 0.310 e. The minimum Gasteiger partial charge on any atom is -0.310 e. The van der Waals surface area contributed by atoms with Gasteiger partial charge in [-0.05, 0) is 38.1 Å². The number of hydrogen-bond acceptors (Lipinski definition) is 3. The normalized spacial score (nSPS) is 11.9. The van der Waals surface area contributed by atoms with Gasteiger partial charge in [-0.1, -0.05) is 29.3 Å². The third-order valence-electron chi connectivity index (χ3n) is 2.65. The van der Waals surface area contributed by atoms with Gasteiger partial charge in [-0.25, -0.2) is 4.98 Å². The van der Waals surface area contributed by atoms with Crippen molar-refractivity contribution < 1.29 is 4.79 Å². The fourth-order valence-electron chi connectivity index (χ4n) is 1.62. The van der Waals surface area contributed by atoms with Crippen molar-refractivity contribution in [1.29, 1.82) is 0 Å². The van der Waals surface area contributed by atoms with E-state index in [-0.39, 0.29) is 11.2 Å². The van der Waals surface area contributed by atoms with Crippen molar-refractivity contribution in [3.8, 4) is 0 Å². The first-order valence-corrected chi connectivity index (χ1v) is 7.46.